The monoisotopic (exact) mass is 314 g/mol. The van der Waals surface area contributed by atoms with Gasteiger partial charge in [-0.05, 0) is 23.5 Å². The van der Waals surface area contributed by atoms with Crippen molar-refractivity contribution in [1.29, 1.82) is 0 Å². The van der Waals surface area contributed by atoms with Crippen molar-refractivity contribution >= 4 is 5.91 Å². The molecule has 0 saturated heterocycles. The Morgan fingerprint density at radius 1 is 1.39 bits per heavy atom. The van der Waals surface area contributed by atoms with Crippen LogP contribution in [-0.2, 0) is 30.7 Å². The van der Waals surface area contributed by atoms with Crippen LogP contribution in [-0.4, -0.2) is 27.0 Å². The maximum absolute atomic E-state index is 11.8. The van der Waals surface area contributed by atoms with E-state index in [1.807, 2.05) is 17.0 Å². The lowest BCUT2D eigenvalue weighted by Gasteiger charge is -2.33. The van der Waals surface area contributed by atoms with E-state index in [1.165, 1.54) is 11.1 Å². The first-order valence-corrected chi connectivity index (χ1v) is 7.94. The highest BCUT2D eigenvalue weighted by atomic mass is 16.5. The van der Waals surface area contributed by atoms with Crippen molar-refractivity contribution in [3.63, 3.8) is 0 Å². The highest BCUT2D eigenvalue weighted by molar-refractivity contribution is 5.80. The summed E-state index contributed by atoms with van der Waals surface area (Å²) in [7, 11) is 0. The number of hydrogen-bond donors (Lipinski definition) is 1. The van der Waals surface area contributed by atoms with E-state index in [9.17, 15) is 4.79 Å². The van der Waals surface area contributed by atoms with Gasteiger partial charge in [0.15, 0.2) is 5.82 Å². The van der Waals surface area contributed by atoms with Crippen molar-refractivity contribution in [3.05, 3.63) is 47.1 Å². The summed E-state index contributed by atoms with van der Waals surface area (Å²) in [6.45, 7) is 5.32. The van der Waals surface area contributed by atoms with Gasteiger partial charge in [0.1, 0.15) is 0 Å². The molecule has 1 aromatic carbocycles. The van der Waals surface area contributed by atoms with Crippen LogP contribution < -0.4 is 5.73 Å². The minimum atomic E-state index is -0.342. The van der Waals surface area contributed by atoms with Crippen molar-refractivity contribution in [1.82, 2.24) is 15.0 Å². The lowest BCUT2D eigenvalue weighted by atomic mass is 9.93. The molecule has 2 heterocycles. The number of fused-ring (bicyclic) bond motifs is 1. The predicted molar refractivity (Wildman–Crippen MR) is 85.2 cm³/mol. The summed E-state index contributed by atoms with van der Waals surface area (Å²) in [6.07, 6.45) is 1.41. The van der Waals surface area contributed by atoms with Crippen LogP contribution in [0, 0.1) is 5.92 Å². The fourth-order valence-electron chi connectivity index (χ4n) is 3.00. The third-order valence-corrected chi connectivity index (χ3v) is 4.11. The Morgan fingerprint density at radius 2 is 2.13 bits per heavy atom. The van der Waals surface area contributed by atoms with E-state index in [0.29, 0.717) is 37.1 Å². The van der Waals surface area contributed by atoms with Crippen LogP contribution in [0.5, 0.6) is 0 Å². The maximum atomic E-state index is 11.8. The molecule has 2 aromatic rings. The fraction of sp³-hybridized carbons (Fsp3) is 0.471. The zero-order valence-corrected chi connectivity index (χ0v) is 13.5. The van der Waals surface area contributed by atoms with Crippen LogP contribution in [0.15, 0.2) is 28.8 Å². The van der Waals surface area contributed by atoms with Crippen LogP contribution in [0.2, 0.25) is 0 Å². The minimum absolute atomic E-state index is 0.318. The molecule has 1 aliphatic rings. The molecule has 0 aliphatic carbocycles. The molecule has 0 bridgehead atoms. The van der Waals surface area contributed by atoms with Gasteiger partial charge in [-0.2, -0.15) is 4.98 Å². The van der Waals surface area contributed by atoms with Gasteiger partial charge in [-0.3, -0.25) is 9.69 Å². The van der Waals surface area contributed by atoms with Crippen molar-refractivity contribution in [2.75, 3.05) is 0 Å². The molecule has 3 rings (SSSR count). The van der Waals surface area contributed by atoms with E-state index >= 15 is 0 Å². The predicted octanol–water partition coefficient (Wildman–Crippen LogP) is 1.68. The molecular weight excluding hydrogens is 292 g/mol. The molecule has 0 unspecified atom stereocenters. The quantitative estimate of drug-likeness (QED) is 0.907. The first-order chi connectivity index (χ1) is 11.0. The molecule has 0 radical (unpaired) electrons. The van der Waals surface area contributed by atoms with Gasteiger partial charge in [0.05, 0.1) is 12.6 Å². The highest BCUT2D eigenvalue weighted by Crippen LogP contribution is 2.24. The van der Waals surface area contributed by atoms with E-state index in [1.54, 1.807) is 0 Å². The number of rotatable bonds is 5. The summed E-state index contributed by atoms with van der Waals surface area (Å²) in [5.74, 6) is 1.40. The third-order valence-electron chi connectivity index (χ3n) is 4.11. The smallest absolute Gasteiger partial charge is 0.240 e. The summed E-state index contributed by atoms with van der Waals surface area (Å²) in [6, 6.07) is 7.79. The number of nitrogens with two attached hydrogens (primary N) is 1. The second kappa shape index (κ2) is 6.50. The molecule has 1 aromatic heterocycles. The molecule has 1 atom stereocenters. The van der Waals surface area contributed by atoms with Crippen molar-refractivity contribution < 1.29 is 9.32 Å². The second-order valence-electron chi connectivity index (χ2n) is 6.50. The number of nitrogens with zero attached hydrogens (tertiary/aromatic N) is 3. The molecule has 0 saturated carbocycles. The molecule has 0 spiro atoms. The Bertz CT molecular complexity index is 695. The van der Waals surface area contributed by atoms with Crippen LogP contribution in [0.3, 0.4) is 0 Å². The number of benzene rings is 1. The first-order valence-electron chi connectivity index (χ1n) is 7.94. The van der Waals surface area contributed by atoms with Crippen LogP contribution in [0.4, 0.5) is 0 Å². The van der Waals surface area contributed by atoms with E-state index in [4.69, 9.17) is 10.3 Å². The average molecular weight is 314 g/mol. The summed E-state index contributed by atoms with van der Waals surface area (Å²) < 4.78 is 5.33. The number of carbonyl (C=O) groups is 1. The summed E-state index contributed by atoms with van der Waals surface area (Å²) in [5, 5.41) is 4.01. The Kier molecular flexibility index (Phi) is 4.43. The SMILES string of the molecule is CC(C)Cc1noc(CN2Cc3ccccc3C[C@@H]2C(N)=O)n1. The van der Waals surface area contributed by atoms with Crippen LogP contribution >= 0.6 is 0 Å². The largest absolute Gasteiger partial charge is 0.368 e. The molecule has 23 heavy (non-hydrogen) atoms. The van der Waals surface area contributed by atoms with Crippen molar-refractivity contribution in [2.24, 2.45) is 11.7 Å². The van der Waals surface area contributed by atoms with Gasteiger partial charge in [-0.25, -0.2) is 0 Å². The van der Waals surface area contributed by atoms with Gasteiger partial charge in [0.2, 0.25) is 11.8 Å². The van der Waals surface area contributed by atoms with E-state index < -0.39 is 0 Å². The lowest BCUT2D eigenvalue weighted by Crippen LogP contribution is -2.48. The van der Waals surface area contributed by atoms with Gasteiger partial charge in [-0.1, -0.05) is 43.3 Å². The zero-order valence-electron chi connectivity index (χ0n) is 13.5. The summed E-state index contributed by atoms with van der Waals surface area (Å²) >= 11 is 0. The average Bonchev–Trinajstić information content (AvgIpc) is 2.92. The lowest BCUT2D eigenvalue weighted by molar-refractivity contribution is -0.124. The van der Waals surface area contributed by atoms with Crippen molar-refractivity contribution in [2.45, 2.75) is 45.8 Å². The normalized spacial score (nSPS) is 18.1. The molecule has 122 valence electrons. The molecule has 6 heteroatoms. The van der Waals surface area contributed by atoms with Gasteiger partial charge in [0.25, 0.3) is 0 Å². The molecule has 2 N–H and O–H groups in total. The van der Waals surface area contributed by atoms with Gasteiger partial charge >= 0.3 is 0 Å². The minimum Gasteiger partial charge on any atom is -0.368 e. The Morgan fingerprint density at radius 3 is 2.83 bits per heavy atom. The fourth-order valence-corrected chi connectivity index (χ4v) is 3.00. The van der Waals surface area contributed by atoms with Gasteiger partial charge in [-0.15, -0.1) is 0 Å². The molecule has 6 nitrogen and oxygen atoms in total. The Labute approximate surface area is 135 Å². The summed E-state index contributed by atoms with van der Waals surface area (Å²) in [4.78, 5) is 18.3. The number of primary amides is 1. The second-order valence-corrected chi connectivity index (χ2v) is 6.50. The number of carbonyl (C=O) groups excluding carboxylic acids is 1. The molecule has 0 fully saturated rings. The molecular formula is C17H22N4O2. The number of hydrogen-bond acceptors (Lipinski definition) is 5. The van der Waals surface area contributed by atoms with E-state index in [0.717, 1.165) is 6.42 Å². The molecule has 1 aliphatic heterocycles. The zero-order chi connectivity index (χ0) is 16.4. The number of amides is 1. The number of aromatic nitrogens is 2. The maximum Gasteiger partial charge on any atom is 0.240 e. The topological polar surface area (TPSA) is 85.3 Å². The van der Waals surface area contributed by atoms with Gasteiger partial charge in [0, 0.05) is 13.0 Å². The van der Waals surface area contributed by atoms with Crippen LogP contribution in [0.1, 0.15) is 36.7 Å². The van der Waals surface area contributed by atoms with E-state index in [2.05, 4.69) is 36.1 Å². The van der Waals surface area contributed by atoms with E-state index in [-0.39, 0.29) is 11.9 Å². The summed E-state index contributed by atoms with van der Waals surface area (Å²) in [5.41, 5.74) is 7.99. The molecule has 1 amide bonds. The standard InChI is InChI=1S/C17H22N4O2/c1-11(2)7-15-19-16(23-20-15)10-21-9-13-6-4-3-5-12(13)8-14(21)17(18)22/h3-6,11,14H,7-10H2,1-2H3,(H2,18,22)/t14-/m1/s1. The van der Waals surface area contributed by atoms with Crippen molar-refractivity contribution in [3.8, 4) is 0 Å². The van der Waals surface area contributed by atoms with Crippen LogP contribution in [0.25, 0.3) is 0 Å². The van der Waals surface area contributed by atoms with Gasteiger partial charge < -0.3 is 10.3 Å². The Hall–Kier alpha value is -2.21. The Balaban J connectivity index is 1.77. The third kappa shape index (κ3) is 3.59. The highest BCUT2D eigenvalue weighted by Gasteiger charge is 2.31. The first kappa shape index (κ1) is 15.7.